The molecule has 0 aromatic heterocycles. The molecule has 0 spiro atoms. The van der Waals surface area contributed by atoms with Gasteiger partial charge in [-0.2, -0.15) is 0 Å². The number of aliphatic hydroxyl groups excluding tert-OH is 1. The highest BCUT2D eigenvalue weighted by atomic mass is 16.5. The van der Waals surface area contributed by atoms with Gasteiger partial charge in [-0.3, -0.25) is 4.90 Å². The lowest BCUT2D eigenvalue weighted by atomic mass is 10.1. The number of hydrogen-bond donors (Lipinski definition) is 1. The van der Waals surface area contributed by atoms with Crippen LogP contribution in [0.1, 0.15) is 31.4 Å². The van der Waals surface area contributed by atoms with Crippen molar-refractivity contribution in [1.82, 2.24) is 4.90 Å². The number of benzene rings is 1. The van der Waals surface area contributed by atoms with Crippen LogP contribution in [-0.4, -0.2) is 63.7 Å². The Morgan fingerprint density at radius 1 is 0.957 bits per heavy atom. The zero-order valence-corrected chi connectivity index (χ0v) is 14.7. The third kappa shape index (κ3) is 8.32. The molecule has 0 bridgehead atoms. The molecule has 0 radical (unpaired) electrons. The van der Waals surface area contributed by atoms with Gasteiger partial charge in [0.15, 0.2) is 0 Å². The van der Waals surface area contributed by atoms with E-state index in [1.165, 1.54) is 0 Å². The summed E-state index contributed by atoms with van der Waals surface area (Å²) in [6.07, 6.45) is 1.20. The third-order valence-corrected chi connectivity index (χ3v) is 3.68. The number of aliphatic hydroxyl groups is 1. The summed E-state index contributed by atoms with van der Waals surface area (Å²) in [6.45, 7) is 6.66. The Morgan fingerprint density at radius 2 is 1.57 bits per heavy atom. The minimum absolute atomic E-state index is 0.470. The number of methoxy groups -OCH3 is 2. The molecule has 23 heavy (non-hydrogen) atoms. The van der Waals surface area contributed by atoms with E-state index in [2.05, 4.69) is 11.8 Å². The first-order chi connectivity index (χ1) is 11.2. The Balaban J connectivity index is 2.44. The van der Waals surface area contributed by atoms with Crippen molar-refractivity contribution < 1.29 is 19.3 Å². The highest BCUT2D eigenvalue weighted by Gasteiger charge is 2.11. The highest BCUT2D eigenvalue weighted by Crippen LogP contribution is 2.20. The van der Waals surface area contributed by atoms with E-state index in [0.717, 1.165) is 44.0 Å². The smallest absolute Gasteiger partial charge is 0.119 e. The average molecular weight is 325 g/mol. The van der Waals surface area contributed by atoms with Crippen LogP contribution in [0, 0.1) is 0 Å². The number of rotatable bonds is 13. The van der Waals surface area contributed by atoms with Gasteiger partial charge in [-0.05, 0) is 30.5 Å². The summed E-state index contributed by atoms with van der Waals surface area (Å²) < 4.78 is 15.8. The topological polar surface area (TPSA) is 51.2 Å². The van der Waals surface area contributed by atoms with E-state index in [0.29, 0.717) is 19.6 Å². The fourth-order valence-corrected chi connectivity index (χ4v) is 2.25. The van der Waals surface area contributed by atoms with Crippen LogP contribution in [0.3, 0.4) is 0 Å². The van der Waals surface area contributed by atoms with E-state index >= 15 is 0 Å². The lowest BCUT2D eigenvalue weighted by Crippen LogP contribution is -2.32. The first kappa shape index (κ1) is 19.9. The Labute approximate surface area is 140 Å². The molecule has 0 fully saturated rings. The van der Waals surface area contributed by atoms with Crippen molar-refractivity contribution in [3.8, 4) is 5.75 Å². The van der Waals surface area contributed by atoms with Gasteiger partial charge in [0.2, 0.25) is 0 Å². The fourth-order valence-electron chi connectivity index (χ4n) is 2.25. The Morgan fingerprint density at radius 3 is 2.09 bits per heavy atom. The lowest BCUT2D eigenvalue weighted by Gasteiger charge is -2.23. The summed E-state index contributed by atoms with van der Waals surface area (Å²) in [5.74, 6) is 0.851. The van der Waals surface area contributed by atoms with Gasteiger partial charge < -0.3 is 19.3 Å². The monoisotopic (exact) mass is 325 g/mol. The number of nitrogens with zero attached hydrogens (tertiary/aromatic N) is 1. The van der Waals surface area contributed by atoms with Crippen LogP contribution < -0.4 is 4.74 Å². The van der Waals surface area contributed by atoms with Gasteiger partial charge in [-0.1, -0.05) is 19.1 Å². The second-order valence-electron chi connectivity index (χ2n) is 5.55. The van der Waals surface area contributed by atoms with E-state index in [4.69, 9.17) is 14.2 Å². The maximum Gasteiger partial charge on any atom is 0.119 e. The predicted molar refractivity (Wildman–Crippen MR) is 92.0 cm³/mol. The summed E-state index contributed by atoms with van der Waals surface area (Å²) in [5, 5.41) is 10.4. The first-order valence-electron chi connectivity index (χ1n) is 8.32. The molecule has 0 saturated heterocycles. The van der Waals surface area contributed by atoms with Crippen molar-refractivity contribution in [2.45, 2.75) is 25.9 Å². The molecular weight excluding hydrogens is 294 g/mol. The molecule has 1 atom stereocenters. The normalized spacial score (nSPS) is 12.6. The van der Waals surface area contributed by atoms with Crippen molar-refractivity contribution in [2.24, 2.45) is 0 Å². The van der Waals surface area contributed by atoms with Crippen LogP contribution in [0.25, 0.3) is 0 Å². The first-order valence-corrected chi connectivity index (χ1v) is 8.32. The summed E-state index contributed by atoms with van der Waals surface area (Å²) >= 11 is 0. The number of ether oxygens (including phenoxy) is 3. The van der Waals surface area contributed by atoms with Crippen molar-refractivity contribution in [1.29, 1.82) is 0 Å². The second-order valence-corrected chi connectivity index (χ2v) is 5.55. The molecule has 1 aromatic carbocycles. The SMILES string of the molecule is CCCOc1ccc(C(O)CCN(CCOC)CCOC)cc1. The zero-order valence-electron chi connectivity index (χ0n) is 14.7. The Kier molecular flexibility index (Phi) is 10.6. The van der Waals surface area contributed by atoms with Gasteiger partial charge in [0.25, 0.3) is 0 Å². The molecule has 0 heterocycles. The zero-order chi connectivity index (χ0) is 16.9. The van der Waals surface area contributed by atoms with Crippen molar-refractivity contribution >= 4 is 0 Å². The van der Waals surface area contributed by atoms with Gasteiger partial charge in [0.1, 0.15) is 5.75 Å². The summed E-state index contributed by atoms with van der Waals surface area (Å²) in [5.41, 5.74) is 0.923. The second kappa shape index (κ2) is 12.3. The van der Waals surface area contributed by atoms with Gasteiger partial charge in [0.05, 0.1) is 25.9 Å². The summed E-state index contributed by atoms with van der Waals surface area (Å²) in [7, 11) is 3.40. The standard InChI is InChI=1S/C18H31NO4/c1-4-13-23-17-7-5-16(6-8-17)18(20)9-10-19(11-14-21-2)12-15-22-3/h5-8,18,20H,4,9-15H2,1-3H3. The molecule has 132 valence electrons. The molecule has 1 aromatic rings. The highest BCUT2D eigenvalue weighted by molar-refractivity contribution is 5.28. The third-order valence-electron chi connectivity index (χ3n) is 3.68. The van der Waals surface area contributed by atoms with Gasteiger partial charge in [-0.15, -0.1) is 0 Å². The van der Waals surface area contributed by atoms with E-state index < -0.39 is 6.10 Å². The van der Waals surface area contributed by atoms with Crippen LogP contribution in [0.2, 0.25) is 0 Å². The van der Waals surface area contributed by atoms with Crippen molar-refractivity contribution in [3.63, 3.8) is 0 Å². The summed E-state index contributed by atoms with van der Waals surface area (Å²) in [6, 6.07) is 7.71. The molecule has 0 saturated carbocycles. The maximum absolute atomic E-state index is 10.4. The minimum Gasteiger partial charge on any atom is -0.494 e. The predicted octanol–water partition coefficient (Wildman–Crippen LogP) is 2.49. The Hall–Kier alpha value is -1.14. The van der Waals surface area contributed by atoms with Crippen LogP contribution >= 0.6 is 0 Å². The van der Waals surface area contributed by atoms with E-state index in [9.17, 15) is 5.11 Å². The van der Waals surface area contributed by atoms with Crippen molar-refractivity contribution in [2.75, 3.05) is 53.7 Å². The largest absolute Gasteiger partial charge is 0.494 e. The molecule has 0 amide bonds. The average Bonchev–Trinajstić information content (AvgIpc) is 2.59. The summed E-state index contributed by atoms with van der Waals surface area (Å²) in [4.78, 5) is 2.24. The molecule has 0 aliphatic rings. The van der Waals surface area contributed by atoms with E-state index in [-0.39, 0.29) is 0 Å². The van der Waals surface area contributed by atoms with Gasteiger partial charge in [-0.25, -0.2) is 0 Å². The van der Waals surface area contributed by atoms with Gasteiger partial charge in [0, 0.05) is 33.9 Å². The quantitative estimate of drug-likeness (QED) is 0.604. The van der Waals surface area contributed by atoms with Crippen LogP contribution in [0.4, 0.5) is 0 Å². The van der Waals surface area contributed by atoms with Gasteiger partial charge >= 0.3 is 0 Å². The maximum atomic E-state index is 10.4. The fraction of sp³-hybridized carbons (Fsp3) is 0.667. The molecule has 1 unspecified atom stereocenters. The molecule has 0 aliphatic carbocycles. The van der Waals surface area contributed by atoms with E-state index in [1.54, 1.807) is 14.2 Å². The molecule has 5 heteroatoms. The molecule has 0 aliphatic heterocycles. The minimum atomic E-state index is -0.470. The number of hydrogen-bond acceptors (Lipinski definition) is 5. The van der Waals surface area contributed by atoms with Crippen LogP contribution in [-0.2, 0) is 9.47 Å². The lowest BCUT2D eigenvalue weighted by molar-refractivity contribution is 0.0945. The molecule has 5 nitrogen and oxygen atoms in total. The van der Waals surface area contributed by atoms with Crippen molar-refractivity contribution in [3.05, 3.63) is 29.8 Å². The van der Waals surface area contributed by atoms with Crippen LogP contribution in [0.5, 0.6) is 5.75 Å². The van der Waals surface area contributed by atoms with E-state index in [1.807, 2.05) is 24.3 Å². The molecule has 1 N–H and O–H groups in total. The molecular formula is C18H31NO4. The van der Waals surface area contributed by atoms with Crippen LogP contribution in [0.15, 0.2) is 24.3 Å². The molecule has 1 rings (SSSR count). The Bertz CT molecular complexity index is 389.